The third-order valence-electron chi connectivity index (χ3n) is 2.12. The van der Waals surface area contributed by atoms with Crippen LogP contribution in [0.15, 0.2) is 24.3 Å². The maximum absolute atomic E-state index is 12.0. The van der Waals surface area contributed by atoms with Crippen LogP contribution in [0.4, 0.5) is 14.5 Å². The second-order valence-electron chi connectivity index (χ2n) is 3.75. The zero-order valence-electron chi connectivity index (χ0n) is 11.3. The van der Waals surface area contributed by atoms with Crippen LogP contribution in [0, 0.1) is 0 Å². The van der Waals surface area contributed by atoms with Gasteiger partial charge in [0, 0.05) is 5.69 Å². The number of benzene rings is 1. The molecule has 1 aromatic rings. The van der Waals surface area contributed by atoms with Crippen molar-refractivity contribution in [1.82, 2.24) is 0 Å². The fourth-order valence-electron chi connectivity index (χ4n) is 1.35. The number of nitrogens with one attached hydrogen (secondary N) is 1. The summed E-state index contributed by atoms with van der Waals surface area (Å²) < 4.78 is 32.8. The summed E-state index contributed by atoms with van der Waals surface area (Å²) in [7, 11) is 0. The van der Waals surface area contributed by atoms with Crippen LogP contribution in [0.5, 0.6) is 5.75 Å². The van der Waals surface area contributed by atoms with Gasteiger partial charge in [0.25, 0.3) is 0 Å². The van der Waals surface area contributed by atoms with Gasteiger partial charge in [-0.15, -0.1) is 11.8 Å². The van der Waals surface area contributed by atoms with Crippen LogP contribution >= 0.6 is 11.8 Å². The smallest absolute Gasteiger partial charge is 0.387 e. The Hall–Kier alpha value is -1.83. The number of thioether (sulfide) groups is 1. The van der Waals surface area contributed by atoms with Gasteiger partial charge in [0.15, 0.2) is 0 Å². The normalized spacial score (nSPS) is 10.3. The van der Waals surface area contributed by atoms with Crippen LogP contribution in [-0.4, -0.2) is 36.6 Å². The molecule has 8 heteroatoms. The van der Waals surface area contributed by atoms with Gasteiger partial charge in [0.1, 0.15) is 5.75 Å². The van der Waals surface area contributed by atoms with Crippen molar-refractivity contribution in [2.24, 2.45) is 0 Å². The van der Waals surface area contributed by atoms with Gasteiger partial charge in [0.05, 0.1) is 18.1 Å². The van der Waals surface area contributed by atoms with Crippen molar-refractivity contribution in [3.8, 4) is 5.75 Å². The number of halogens is 2. The van der Waals surface area contributed by atoms with E-state index in [4.69, 9.17) is 4.74 Å². The van der Waals surface area contributed by atoms with Gasteiger partial charge >= 0.3 is 12.6 Å². The summed E-state index contributed by atoms with van der Waals surface area (Å²) >= 11 is 1.13. The number of hydrogen-bond donors (Lipinski definition) is 1. The Balaban J connectivity index is 2.32. The highest BCUT2D eigenvalue weighted by molar-refractivity contribution is 8.00. The average Bonchev–Trinajstić information content (AvgIpc) is 2.40. The van der Waals surface area contributed by atoms with Crippen molar-refractivity contribution in [3.63, 3.8) is 0 Å². The average molecular weight is 319 g/mol. The summed E-state index contributed by atoms with van der Waals surface area (Å²) in [4.78, 5) is 22.6. The number of esters is 1. The van der Waals surface area contributed by atoms with E-state index in [1.165, 1.54) is 24.3 Å². The Morgan fingerprint density at radius 2 is 1.90 bits per heavy atom. The number of hydrogen-bond acceptors (Lipinski definition) is 5. The van der Waals surface area contributed by atoms with Gasteiger partial charge in [-0.1, -0.05) is 0 Å². The first-order valence-corrected chi connectivity index (χ1v) is 7.24. The lowest BCUT2D eigenvalue weighted by atomic mass is 10.3. The minimum Gasteiger partial charge on any atom is -0.465 e. The van der Waals surface area contributed by atoms with Gasteiger partial charge < -0.3 is 14.8 Å². The van der Waals surface area contributed by atoms with E-state index in [0.29, 0.717) is 12.3 Å². The molecule has 1 aromatic carbocycles. The van der Waals surface area contributed by atoms with Crippen LogP contribution in [-0.2, 0) is 14.3 Å². The van der Waals surface area contributed by atoms with Crippen LogP contribution < -0.4 is 10.1 Å². The number of ether oxygens (including phenoxy) is 2. The Bertz CT molecular complexity index is 468. The SMILES string of the molecule is CCOC(=O)CSCC(=O)Nc1ccc(OC(F)F)cc1. The van der Waals surface area contributed by atoms with E-state index in [0.717, 1.165) is 11.8 Å². The number of amides is 1. The summed E-state index contributed by atoms with van der Waals surface area (Å²) in [6, 6.07) is 5.55. The largest absolute Gasteiger partial charge is 0.465 e. The molecule has 5 nitrogen and oxygen atoms in total. The van der Waals surface area contributed by atoms with Crippen molar-refractivity contribution in [3.05, 3.63) is 24.3 Å². The summed E-state index contributed by atoms with van der Waals surface area (Å²) in [6.45, 7) is -0.875. The highest BCUT2D eigenvalue weighted by Crippen LogP contribution is 2.17. The van der Waals surface area contributed by atoms with Crippen molar-refractivity contribution in [2.45, 2.75) is 13.5 Å². The standard InChI is InChI=1S/C13H15F2NO4S/c1-2-19-12(18)8-21-7-11(17)16-9-3-5-10(6-4-9)20-13(14)15/h3-6,13H,2,7-8H2,1H3,(H,16,17). The lowest BCUT2D eigenvalue weighted by molar-refractivity contribution is -0.139. The second-order valence-corrected chi connectivity index (χ2v) is 4.73. The van der Waals surface area contributed by atoms with Gasteiger partial charge in [-0.05, 0) is 31.2 Å². The molecule has 0 atom stereocenters. The molecular formula is C13H15F2NO4S. The fourth-order valence-corrected chi connectivity index (χ4v) is 1.96. The molecule has 0 aliphatic rings. The molecule has 1 rings (SSSR count). The predicted octanol–water partition coefficient (Wildman–Crippen LogP) is 2.52. The van der Waals surface area contributed by atoms with Crippen molar-refractivity contribution >= 4 is 29.3 Å². The summed E-state index contributed by atoms with van der Waals surface area (Å²) in [5, 5.41) is 2.57. The zero-order valence-corrected chi connectivity index (χ0v) is 12.1. The van der Waals surface area contributed by atoms with Crippen molar-refractivity contribution in [2.75, 3.05) is 23.4 Å². The first-order valence-electron chi connectivity index (χ1n) is 6.09. The lowest BCUT2D eigenvalue weighted by Crippen LogP contribution is -2.16. The molecule has 0 fully saturated rings. The molecular weight excluding hydrogens is 304 g/mol. The van der Waals surface area contributed by atoms with Crippen LogP contribution in [0.25, 0.3) is 0 Å². The minimum absolute atomic E-state index is 0.0136. The van der Waals surface area contributed by atoms with E-state index in [1.807, 2.05) is 0 Å². The Kier molecular flexibility index (Phi) is 7.52. The molecule has 1 N–H and O–H groups in total. The molecule has 0 heterocycles. The number of alkyl halides is 2. The van der Waals surface area contributed by atoms with E-state index in [2.05, 4.69) is 10.1 Å². The first-order chi connectivity index (χ1) is 10.0. The lowest BCUT2D eigenvalue weighted by Gasteiger charge is -2.07. The quantitative estimate of drug-likeness (QED) is 0.746. The molecule has 0 aliphatic heterocycles. The molecule has 0 aromatic heterocycles. The monoisotopic (exact) mass is 319 g/mol. The molecule has 0 saturated carbocycles. The maximum atomic E-state index is 12.0. The summed E-state index contributed by atoms with van der Waals surface area (Å²) in [5.41, 5.74) is 0.457. The molecule has 0 unspecified atom stereocenters. The highest BCUT2D eigenvalue weighted by atomic mass is 32.2. The molecule has 116 valence electrons. The third kappa shape index (κ3) is 7.50. The van der Waals surface area contributed by atoms with Gasteiger partial charge in [0.2, 0.25) is 5.91 Å². The molecule has 0 spiro atoms. The Morgan fingerprint density at radius 3 is 2.48 bits per heavy atom. The summed E-state index contributed by atoms with van der Waals surface area (Å²) in [5.74, 6) is -0.466. The molecule has 21 heavy (non-hydrogen) atoms. The second kappa shape index (κ2) is 9.17. The van der Waals surface area contributed by atoms with E-state index < -0.39 is 6.61 Å². The van der Waals surface area contributed by atoms with Crippen molar-refractivity contribution in [1.29, 1.82) is 0 Å². The first kappa shape index (κ1) is 17.2. The fraction of sp³-hybridized carbons (Fsp3) is 0.385. The Morgan fingerprint density at radius 1 is 1.24 bits per heavy atom. The molecule has 1 amide bonds. The number of carbonyl (C=O) groups is 2. The van der Waals surface area contributed by atoms with E-state index >= 15 is 0 Å². The van der Waals surface area contributed by atoms with Crippen LogP contribution in [0.3, 0.4) is 0 Å². The third-order valence-corrected chi connectivity index (χ3v) is 3.03. The Labute approximate surface area is 125 Å². The summed E-state index contributed by atoms with van der Waals surface area (Å²) in [6.07, 6.45) is 0. The maximum Gasteiger partial charge on any atom is 0.387 e. The van der Waals surface area contributed by atoms with Crippen molar-refractivity contribution < 1.29 is 27.8 Å². The molecule has 0 aliphatic carbocycles. The minimum atomic E-state index is -2.88. The molecule has 0 saturated heterocycles. The van der Waals surface area contributed by atoms with Crippen LogP contribution in [0.2, 0.25) is 0 Å². The van der Waals surface area contributed by atoms with E-state index in [9.17, 15) is 18.4 Å². The topological polar surface area (TPSA) is 64.6 Å². The number of carbonyl (C=O) groups excluding carboxylic acids is 2. The number of anilines is 1. The van der Waals surface area contributed by atoms with Crippen LogP contribution in [0.1, 0.15) is 6.92 Å². The van der Waals surface area contributed by atoms with Gasteiger partial charge in [-0.3, -0.25) is 9.59 Å². The molecule has 0 bridgehead atoms. The number of rotatable bonds is 8. The molecule has 0 radical (unpaired) electrons. The van der Waals surface area contributed by atoms with E-state index in [1.54, 1.807) is 6.92 Å². The van der Waals surface area contributed by atoms with E-state index in [-0.39, 0.29) is 29.1 Å². The van der Waals surface area contributed by atoms with Gasteiger partial charge in [-0.2, -0.15) is 8.78 Å². The predicted molar refractivity (Wildman–Crippen MR) is 75.7 cm³/mol. The zero-order chi connectivity index (χ0) is 15.7. The highest BCUT2D eigenvalue weighted by Gasteiger charge is 2.07. The van der Waals surface area contributed by atoms with Gasteiger partial charge in [-0.25, -0.2) is 0 Å².